The number of ether oxygens (including phenoxy) is 2. The highest BCUT2D eigenvalue weighted by Crippen LogP contribution is 2.43. The van der Waals surface area contributed by atoms with Crippen LogP contribution in [0.2, 0.25) is 0 Å². The third-order valence-corrected chi connectivity index (χ3v) is 16.3. The van der Waals surface area contributed by atoms with Crippen LogP contribution in [-0.2, 0) is 32.7 Å². The highest BCUT2D eigenvalue weighted by Gasteiger charge is 2.26. The summed E-state index contributed by atoms with van der Waals surface area (Å²) < 4.78 is 33.2. The Labute approximate surface area is 536 Å². The van der Waals surface area contributed by atoms with E-state index >= 15 is 0 Å². The normalized spacial score (nSPS) is 13.7. The Morgan fingerprint density at radius 1 is 0.345 bits per heavy atom. The summed E-state index contributed by atoms with van der Waals surface area (Å²) in [5, 5.41) is 0. The van der Waals surface area contributed by atoms with Gasteiger partial charge in [0.25, 0.3) is 0 Å². The maximum absolute atomic E-state index is 12.8. The van der Waals surface area contributed by atoms with Gasteiger partial charge < -0.3 is 20.1 Å². The van der Waals surface area contributed by atoms with Gasteiger partial charge in [-0.1, -0.05) is 328 Å². The van der Waals surface area contributed by atoms with Crippen LogP contribution in [0, 0.1) is 0 Å². The molecule has 87 heavy (non-hydrogen) atoms. The average Bonchev–Trinajstić information content (AvgIpc) is 3.64. The molecular weight excluding hydrogens is 1100 g/mol. The SMILES string of the molecule is CC/C=C\C/C=C\C/C=C\C/C=C\C/C=C\C/C=C\CCCCCCCCCCCCCCCCC(=O)OC(COC(=O)CCCCCCCCCCCCCCCCCCCCCC/C=C\C/C=C\C/C=C\C/C=C\CC)COP(=O)(O)OCCN. The minimum Gasteiger partial charge on any atom is -0.462 e. The molecule has 0 amide bonds. The standard InChI is InChI=1S/C77H134NO8P/c1-3-5-7-9-11-13-15-17-19-21-23-25-27-29-31-33-35-37-39-41-43-45-47-49-51-53-55-57-59-61-63-65-67-69-76(79)83-73-75(74-85-87(81,82)84-72-71-78)86-77(80)70-68-66-64-62-60-58-56-54-52-50-48-46-44-42-40-38-36-34-32-30-28-26-24-22-20-18-16-14-12-10-8-6-4-2/h5-8,11-14,17-20,23-26,30,32,36,38,75H,3-4,9-10,15-16,21-22,27-29,31,33-35,37,39-74,78H2,1-2H3,(H,81,82)/b7-5-,8-6-,13-11-,14-12-,19-17-,20-18-,25-23-,26-24-,32-30-,38-36-. The van der Waals surface area contributed by atoms with Gasteiger partial charge in [0.05, 0.1) is 13.2 Å². The number of esters is 2. The van der Waals surface area contributed by atoms with Crippen molar-refractivity contribution < 1.29 is 37.6 Å². The molecule has 0 aliphatic rings. The maximum atomic E-state index is 12.8. The molecule has 0 rings (SSSR count). The predicted molar refractivity (Wildman–Crippen MR) is 376 cm³/mol. The zero-order valence-corrected chi connectivity index (χ0v) is 57.1. The topological polar surface area (TPSA) is 134 Å². The zero-order valence-electron chi connectivity index (χ0n) is 56.2. The van der Waals surface area contributed by atoms with Crippen molar-refractivity contribution in [2.75, 3.05) is 26.4 Å². The number of rotatable bonds is 67. The molecule has 0 fully saturated rings. The summed E-state index contributed by atoms with van der Waals surface area (Å²) in [6.45, 7) is 3.55. The molecule has 2 atom stereocenters. The fourth-order valence-electron chi connectivity index (χ4n) is 10.1. The molecule has 0 saturated heterocycles. The highest BCUT2D eigenvalue weighted by atomic mass is 31.2. The van der Waals surface area contributed by atoms with Crippen LogP contribution in [0.4, 0.5) is 0 Å². The third kappa shape index (κ3) is 71.4. The Morgan fingerprint density at radius 2 is 0.598 bits per heavy atom. The lowest BCUT2D eigenvalue weighted by atomic mass is 10.0. The van der Waals surface area contributed by atoms with Crippen molar-refractivity contribution in [1.82, 2.24) is 0 Å². The van der Waals surface area contributed by atoms with Crippen molar-refractivity contribution in [3.8, 4) is 0 Å². The van der Waals surface area contributed by atoms with Gasteiger partial charge >= 0.3 is 19.8 Å². The van der Waals surface area contributed by atoms with Crippen molar-refractivity contribution >= 4 is 19.8 Å². The number of unbranched alkanes of at least 4 members (excludes halogenated alkanes) is 34. The Kier molecular flexibility index (Phi) is 68.5. The fraction of sp³-hybridized carbons (Fsp3) is 0.714. The number of nitrogens with two attached hydrogens (primary N) is 1. The molecule has 0 aromatic rings. The van der Waals surface area contributed by atoms with Gasteiger partial charge in [-0.3, -0.25) is 18.6 Å². The second-order valence-electron chi connectivity index (χ2n) is 23.7. The maximum Gasteiger partial charge on any atom is 0.472 e. The van der Waals surface area contributed by atoms with Crippen LogP contribution in [0.25, 0.3) is 0 Å². The molecule has 10 heteroatoms. The molecular formula is C77H134NO8P. The fourth-order valence-corrected chi connectivity index (χ4v) is 10.9. The lowest BCUT2D eigenvalue weighted by Crippen LogP contribution is -2.29. The van der Waals surface area contributed by atoms with Gasteiger partial charge in [-0.15, -0.1) is 0 Å². The predicted octanol–water partition coefficient (Wildman–Crippen LogP) is 23.9. The van der Waals surface area contributed by atoms with Crippen molar-refractivity contribution in [1.29, 1.82) is 0 Å². The molecule has 0 bridgehead atoms. The van der Waals surface area contributed by atoms with Gasteiger partial charge in [-0.25, -0.2) is 4.57 Å². The van der Waals surface area contributed by atoms with Crippen LogP contribution in [0.15, 0.2) is 122 Å². The van der Waals surface area contributed by atoms with Crippen LogP contribution in [0.5, 0.6) is 0 Å². The van der Waals surface area contributed by atoms with E-state index in [0.717, 1.165) is 103 Å². The van der Waals surface area contributed by atoms with E-state index in [1.807, 2.05) is 0 Å². The monoisotopic (exact) mass is 1230 g/mol. The van der Waals surface area contributed by atoms with Crippen LogP contribution in [0.3, 0.4) is 0 Å². The Balaban J connectivity index is 3.86. The summed E-state index contributed by atoms with van der Waals surface area (Å²) in [6, 6.07) is 0. The van der Waals surface area contributed by atoms with Crippen LogP contribution in [0.1, 0.15) is 322 Å². The minimum atomic E-state index is -4.40. The first-order valence-corrected chi connectivity index (χ1v) is 37.5. The summed E-state index contributed by atoms with van der Waals surface area (Å²) in [6.07, 6.45) is 100. The lowest BCUT2D eigenvalue weighted by Gasteiger charge is -2.19. The molecule has 0 radical (unpaired) electrons. The van der Waals surface area contributed by atoms with Gasteiger partial charge in [0.2, 0.25) is 0 Å². The molecule has 0 saturated carbocycles. The lowest BCUT2D eigenvalue weighted by molar-refractivity contribution is -0.161. The van der Waals surface area contributed by atoms with Crippen molar-refractivity contribution in [2.24, 2.45) is 5.73 Å². The molecule has 500 valence electrons. The van der Waals surface area contributed by atoms with E-state index in [9.17, 15) is 19.0 Å². The van der Waals surface area contributed by atoms with Gasteiger partial charge in [-0.2, -0.15) is 0 Å². The average molecular weight is 1230 g/mol. The summed E-state index contributed by atoms with van der Waals surface area (Å²) in [5.41, 5.74) is 5.41. The van der Waals surface area contributed by atoms with Gasteiger partial charge in [0.15, 0.2) is 6.10 Å². The molecule has 0 aliphatic heterocycles. The van der Waals surface area contributed by atoms with E-state index in [0.29, 0.717) is 6.42 Å². The second-order valence-corrected chi connectivity index (χ2v) is 25.1. The first kappa shape index (κ1) is 83.4. The third-order valence-electron chi connectivity index (χ3n) is 15.3. The summed E-state index contributed by atoms with van der Waals surface area (Å²) >= 11 is 0. The van der Waals surface area contributed by atoms with E-state index in [2.05, 4.69) is 135 Å². The van der Waals surface area contributed by atoms with Gasteiger partial charge in [-0.05, 0) is 103 Å². The molecule has 3 N–H and O–H groups in total. The largest absolute Gasteiger partial charge is 0.472 e. The van der Waals surface area contributed by atoms with Crippen LogP contribution < -0.4 is 5.73 Å². The Hall–Kier alpha value is -3.59. The quantitative estimate of drug-likeness (QED) is 0.0264. The first-order chi connectivity index (χ1) is 42.8. The van der Waals surface area contributed by atoms with E-state index in [1.54, 1.807) is 0 Å². The Morgan fingerprint density at radius 3 is 0.885 bits per heavy atom. The van der Waals surface area contributed by atoms with E-state index < -0.39 is 26.5 Å². The van der Waals surface area contributed by atoms with Crippen molar-refractivity contribution in [3.63, 3.8) is 0 Å². The summed E-state index contributed by atoms with van der Waals surface area (Å²) in [7, 11) is -4.40. The Bertz CT molecular complexity index is 1840. The van der Waals surface area contributed by atoms with Crippen molar-refractivity contribution in [2.45, 2.75) is 328 Å². The van der Waals surface area contributed by atoms with E-state index in [-0.39, 0.29) is 38.6 Å². The molecule has 0 aromatic heterocycles. The molecule has 0 spiro atoms. The summed E-state index contributed by atoms with van der Waals surface area (Å²) in [4.78, 5) is 35.4. The number of phosphoric ester groups is 1. The van der Waals surface area contributed by atoms with Crippen LogP contribution >= 0.6 is 7.82 Å². The van der Waals surface area contributed by atoms with E-state index in [1.165, 1.54) is 186 Å². The molecule has 0 heterocycles. The first-order valence-electron chi connectivity index (χ1n) is 36.0. The number of carbonyl (C=O) groups is 2. The summed E-state index contributed by atoms with van der Waals surface area (Å²) in [5.74, 6) is -0.820. The second kappa shape index (κ2) is 71.5. The van der Waals surface area contributed by atoms with E-state index in [4.69, 9.17) is 24.3 Å². The number of hydrogen-bond donors (Lipinski definition) is 2. The zero-order chi connectivity index (χ0) is 63.0. The highest BCUT2D eigenvalue weighted by molar-refractivity contribution is 7.47. The number of phosphoric acid groups is 1. The van der Waals surface area contributed by atoms with Crippen molar-refractivity contribution in [3.05, 3.63) is 122 Å². The number of allylic oxidation sites excluding steroid dienone is 20. The molecule has 0 aromatic carbocycles. The minimum absolute atomic E-state index is 0.0505. The molecule has 0 aliphatic carbocycles. The van der Waals surface area contributed by atoms with Gasteiger partial charge in [0.1, 0.15) is 6.61 Å². The molecule has 9 nitrogen and oxygen atoms in total. The molecule has 2 unspecified atom stereocenters. The van der Waals surface area contributed by atoms with Gasteiger partial charge in [0, 0.05) is 19.4 Å². The van der Waals surface area contributed by atoms with Crippen LogP contribution in [-0.4, -0.2) is 49.3 Å². The number of hydrogen-bond acceptors (Lipinski definition) is 8. The smallest absolute Gasteiger partial charge is 0.462 e. The number of carbonyl (C=O) groups excluding carboxylic acids is 2.